The largest absolute Gasteiger partial charge is 0.383 e. The van der Waals surface area contributed by atoms with Gasteiger partial charge in [-0.3, -0.25) is 0 Å². The number of hydrogen-bond donors (Lipinski definition) is 2. The van der Waals surface area contributed by atoms with Crippen LogP contribution in [0.2, 0.25) is 0 Å². The lowest BCUT2D eigenvalue weighted by atomic mass is 10.1. The van der Waals surface area contributed by atoms with E-state index in [4.69, 9.17) is 4.74 Å². The predicted octanol–water partition coefficient (Wildman–Crippen LogP) is 2.08. The highest BCUT2D eigenvalue weighted by molar-refractivity contribution is 9.10. The van der Waals surface area contributed by atoms with E-state index in [0.29, 0.717) is 0 Å². The third kappa shape index (κ3) is 6.78. The van der Waals surface area contributed by atoms with Gasteiger partial charge in [0.15, 0.2) is 0 Å². The number of aryl methyl sites for hydroxylation is 1. The topological polar surface area (TPSA) is 33.3 Å². The molecule has 3 nitrogen and oxygen atoms in total. The molecule has 4 heteroatoms. The van der Waals surface area contributed by atoms with E-state index in [0.717, 1.165) is 37.3 Å². The first-order chi connectivity index (χ1) is 8.22. The highest BCUT2D eigenvalue weighted by Gasteiger charge is 1.96. The third-order valence-corrected chi connectivity index (χ3v) is 2.85. The lowest BCUT2D eigenvalue weighted by Gasteiger charge is -2.07. The first kappa shape index (κ1) is 14.6. The van der Waals surface area contributed by atoms with E-state index in [1.54, 1.807) is 7.11 Å². The molecule has 0 aliphatic rings. The van der Waals surface area contributed by atoms with Crippen LogP contribution >= 0.6 is 15.9 Å². The van der Waals surface area contributed by atoms with E-state index >= 15 is 0 Å². The standard InChI is InChI=1S/C13H21BrN2O/c1-11-7-12(9-13(14)8-11)10-16-4-3-15-5-6-17-2/h7-9,15-16H,3-6,10H2,1-2H3. The quantitative estimate of drug-likeness (QED) is 0.721. The molecule has 0 aliphatic heterocycles. The Bertz CT molecular complexity index is 311. The summed E-state index contributed by atoms with van der Waals surface area (Å²) in [5.74, 6) is 0. The van der Waals surface area contributed by atoms with Gasteiger partial charge >= 0.3 is 0 Å². The van der Waals surface area contributed by atoms with Crippen LogP contribution in [0.25, 0.3) is 0 Å². The van der Waals surface area contributed by atoms with Gasteiger partial charge in [-0.2, -0.15) is 0 Å². The van der Waals surface area contributed by atoms with E-state index < -0.39 is 0 Å². The number of hydrogen-bond acceptors (Lipinski definition) is 3. The Hall–Kier alpha value is -0.420. The molecule has 0 amide bonds. The Balaban J connectivity index is 2.13. The van der Waals surface area contributed by atoms with Crippen molar-refractivity contribution in [2.24, 2.45) is 0 Å². The Morgan fingerprint density at radius 3 is 2.59 bits per heavy atom. The van der Waals surface area contributed by atoms with Crippen molar-refractivity contribution in [3.63, 3.8) is 0 Å². The van der Waals surface area contributed by atoms with E-state index in [1.807, 2.05) is 0 Å². The summed E-state index contributed by atoms with van der Waals surface area (Å²) in [4.78, 5) is 0. The molecule has 0 radical (unpaired) electrons. The van der Waals surface area contributed by atoms with Crippen LogP contribution in [-0.2, 0) is 11.3 Å². The summed E-state index contributed by atoms with van der Waals surface area (Å²) in [6.45, 7) is 6.64. The third-order valence-electron chi connectivity index (χ3n) is 2.39. The van der Waals surface area contributed by atoms with Crippen molar-refractivity contribution in [3.05, 3.63) is 33.8 Å². The van der Waals surface area contributed by atoms with Gasteiger partial charge < -0.3 is 15.4 Å². The first-order valence-electron chi connectivity index (χ1n) is 5.89. The van der Waals surface area contributed by atoms with Crippen LogP contribution in [0.5, 0.6) is 0 Å². The molecule has 1 aromatic rings. The van der Waals surface area contributed by atoms with Crippen molar-refractivity contribution in [3.8, 4) is 0 Å². The maximum absolute atomic E-state index is 4.96. The predicted molar refractivity (Wildman–Crippen MR) is 75.3 cm³/mol. The number of methoxy groups -OCH3 is 1. The minimum atomic E-state index is 0.769. The van der Waals surface area contributed by atoms with E-state index in [-0.39, 0.29) is 0 Å². The summed E-state index contributed by atoms with van der Waals surface area (Å²) in [7, 11) is 1.72. The fraction of sp³-hybridized carbons (Fsp3) is 0.538. The van der Waals surface area contributed by atoms with Gasteiger partial charge in [-0.05, 0) is 30.2 Å². The summed E-state index contributed by atoms with van der Waals surface area (Å²) < 4.78 is 6.10. The van der Waals surface area contributed by atoms with E-state index in [1.165, 1.54) is 11.1 Å². The van der Waals surface area contributed by atoms with Crippen molar-refractivity contribution < 1.29 is 4.74 Å². The van der Waals surface area contributed by atoms with Crippen LogP contribution in [0.15, 0.2) is 22.7 Å². The lowest BCUT2D eigenvalue weighted by Crippen LogP contribution is -2.29. The van der Waals surface area contributed by atoms with Crippen LogP contribution in [0.4, 0.5) is 0 Å². The van der Waals surface area contributed by atoms with Gasteiger partial charge in [0.25, 0.3) is 0 Å². The number of benzene rings is 1. The minimum Gasteiger partial charge on any atom is -0.383 e. The van der Waals surface area contributed by atoms with Crippen molar-refractivity contribution >= 4 is 15.9 Å². The maximum atomic E-state index is 4.96. The Morgan fingerprint density at radius 1 is 1.12 bits per heavy atom. The molecule has 0 unspecified atom stereocenters. The van der Waals surface area contributed by atoms with Gasteiger partial charge in [0.05, 0.1) is 6.61 Å². The van der Waals surface area contributed by atoms with Crippen molar-refractivity contribution in [1.82, 2.24) is 10.6 Å². The highest BCUT2D eigenvalue weighted by atomic mass is 79.9. The second-order valence-electron chi connectivity index (χ2n) is 4.06. The molecule has 17 heavy (non-hydrogen) atoms. The van der Waals surface area contributed by atoms with Crippen molar-refractivity contribution in [2.45, 2.75) is 13.5 Å². The number of rotatable bonds is 8. The Morgan fingerprint density at radius 2 is 1.88 bits per heavy atom. The molecule has 2 N–H and O–H groups in total. The fourth-order valence-electron chi connectivity index (χ4n) is 1.62. The summed E-state index contributed by atoms with van der Waals surface area (Å²) in [5.41, 5.74) is 2.60. The second kappa shape index (κ2) is 8.64. The van der Waals surface area contributed by atoms with Gasteiger partial charge in [-0.25, -0.2) is 0 Å². The Labute approximate surface area is 112 Å². The van der Waals surface area contributed by atoms with Crippen LogP contribution < -0.4 is 10.6 Å². The molecule has 0 spiro atoms. The van der Waals surface area contributed by atoms with Gasteiger partial charge in [0.1, 0.15) is 0 Å². The second-order valence-corrected chi connectivity index (χ2v) is 4.97. The van der Waals surface area contributed by atoms with Crippen LogP contribution in [0.1, 0.15) is 11.1 Å². The number of nitrogens with one attached hydrogen (secondary N) is 2. The lowest BCUT2D eigenvalue weighted by molar-refractivity contribution is 0.199. The maximum Gasteiger partial charge on any atom is 0.0587 e. The zero-order chi connectivity index (χ0) is 12.5. The fourth-order valence-corrected chi connectivity index (χ4v) is 2.28. The summed E-state index contributed by atoms with van der Waals surface area (Å²) in [6, 6.07) is 6.48. The Kier molecular flexibility index (Phi) is 7.44. The van der Waals surface area contributed by atoms with Crippen LogP contribution in [0.3, 0.4) is 0 Å². The SMILES string of the molecule is COCCNCCNCc1cc(C)cc(Br)c1. The van der Waals surface area contributed by atoms with Crippen LogP contribution in [0, 0.1) is 6.92 Å². The minimum absolute atomic E-state index is 0.769. The zero-order valence-electron chi connectivity index (χ0n) is 10.6. The van der Waals surface area contributed by atoms with Crippen molar-refractivity contribution in [2.75, 3.05) is 33.4 Å². The van der Waals surface area contributed by atoms with Gasteiger partial charge in [-0.15, -0.1) is 0 Å². The molecule has 0 aromatic heterocycles. The molecule has 0 saturated heterocycles. The molecule has 0 atom stereocenters. The van der Waals surface area contributed by atoms with Crippen LogP contribution in [-0.4, -0.2) is 33.4 Å². The van der Waals surface area contributed by atoms with Gasteiger partial charge in [0, 0.05) is 37.8 Å². The highest BCUT2D eigenvalue weighted by Crippen LogP contribution is 2.14. The number of ether oxygens (including phenoxy) is 1. The van der Waals surface area contributed by atoms with Crippen molar-refractivity contribution in [1.29, 1.82) is 0 Å². The molecule has 0 heterocycles. The zero-order valence-corrected chi connectivity index (χ0v) is 12.1. The summed E-state index contributed by atoms with van der Waals surface area (Å²) >= 11 is 3.51. The molecular weight excluding hydrogens is 280 g/mol. The molecule has 96 valence electrons. The summed E-state index contributed by atoms with van der Waals surface area (Å²) in [5, 5.41) is 6.71. The molecule has 1 aromatic carbocycles. The summed E-state index contributed by atoms with van der Waals surface area (Å²) in [6.07, 6.45) is 0. The smallest absolute Gasteiger partial charge is 0.0587 e. The molecule has 0 saturated carbocycles. The molecule has 0 aliphatic carbocycles. The average molecular weight is 301 g/mol. The molecule has 0 bridgehead atoms. The molecule has 1 rings (SSSR count). The number of halogens is 1. The average Bonchev–Trinajstić information content (AvgIpc) is 2.26. The molecule has 0 fully saturated rings. The molecular formula is C13H21BrN2O. The van der Waals surface area contributed by atoms with E-state index in [2.05, 4.69) is 51.7 Å². The van der Waals surface area contributed by atoms with E-state index in [9.17, 15) is 0 Å². The monoisotopic (exact) mass is 300 g/mol. The first-order valence-corrected chi connectivity index (χ1v) is 6.68. The normalized spacial score (nSPS) is 10.8. The van der Waals surface area contributed by atoms with Gasteiger partial charge in [0.2, 0.25) is 0 Å². The van der Waals surface area contributed by atoms with Gasteiger partial charge in [-0.1, -0.05) is 22.0 Å².